The van der Waals surface area contributed by atoms with E-state index in [0.29, 0.717) is 12.2 Å². The summed E-state index contributed by atoms with van der Waals surface area (Å²) in [6.45, 7) is 5.86. The van der Waals surface area contributed by atoms with Crippen molar-refractivity contribution in [1.82, 2.24) is 10.2 Å². The second kappa shape index (κ2) is 14.2. The van der Waals surface area contributed by atoms with Crippen LogP contribution in [-0.2, 0) is 26.2 Å². The molecule has 3 rings (SSSR count). The Labute approximate surface area is 236 Å². The Kier molecular flexibility index (Phi) is 11.0. The molecule has 3 aromatic carbocycles. The molecule has 0 aliphatic carbocycles. The molecule has 2 amide bonds. The Bertz CT molecular complexity index is 1330. The van der Waals surface area contributed by atoms with Crippen LogP contribution in [0.1, 0.15) is 37.8 Å². The van der Waals surface area contributed by atoms with Gasteiger partial charge in [0.2, 0.25) is 11.8 Å². The molecule has 3 aromatic rings. The maximum atomic E-state index is 13.9. The third-order valence-corrected chi connectivity index (χ3v) is 8.97. The van der Waals surface area contributed by atoms with Gasteiger partial charge < -0.3 is 10.2 Å². The summed E-state index contributed by atoms with van der Waals surface area (Å²) in [5.41, 5.74) is 2.19. The van der Waals surface area contributed by atoms with Gasteiger partial charge in [0.15, 0.2) is 0 Å². The number of carbonyl (C=O) groups is 2. The summed E-state index contributed by atoms with van der Waals surface area (Å²) in [7, 11) is -4.08. The third-order valence-electron chi connectivity index (χ3n) is 6.44. The number of rotatable bonds is 13. The molecule has 0 saturated carbocycles. The number of nitrogens with zero attached hydrogens (tertiary/aromatic N) is 2. The highest BCUT2D eigenvalue weighted by Crippen LogP contribution is 2.26. The van der Waals surface area contributed by atoms with Crippen molar-refractivity contribution in [2.75, 3.05) is 23.7 Å². The van der Waals surface area contributed by atoms with Crippen molar-refractivity contribution in [3.05, 3.63) is 90.0 Å². The van der Waals surface area contributed by atoms with Crippen LogP contribution in [-0.4, -0.2) is 50.5 Å². The van der Waals surface area contributed by atoms with Gasteiger partial charge in [-0.15, -0.1) is 11.8 Å². The Morgan fingerprint density at radius 2 is 1.59 bits per heavy atom. The van der Waals surface area contributed by atoms with Gasteiger partial charge in [0.1, 0.15) is 12.6 Å². The zero-order chi connectivity index (χ0) is 28.4. The van der Waals surface area contributed by atoms with Crippen molar-refractivity contribution in [2.45, 2.75) is 56.0 Å². The number of anilines is 1. The molecule has 0 fully saturated rings. The first kappa shape index (κ1) is 30.2. The predicted octanol–water partition coefficient (Wildman–Crippen LogP) is 5.25. The van der Waals surface area contributed by atoms with Crippen molar-refractivity contribution in [2.24, 2.45) is 0 Å². The second-order valence-corrected chi connectivity index (χ2v) is 12.1. The van der Waals surface area contributed by atoms with Gasteiger partial charge in [0.25, 0.3) is 10.0 Å². The van der Waals surface area contributed by atoms with Crippen LogP contribution in [0.3, 0.4) is 0 Å². The molecule has 1 atom stereocenters. The molecule has 1 N–H and O–H groups in total. The molecule has 0 aromatic heterocycles. The summed E-state index contributed by atoms with van der Waals surface area (Å²) in [4.78, 5) is 29.4. The normalized spacial score (nSPS) is 12.0. The minimum atomic E-state index is -4.08. The van der Waals surface area contributed by atoms with Crippen LogP contribution in [0.25, 0.3) is 0 Å². The lowest BCUT2D eigenvalue weighted by atomic mass is 10.1. The first-order valence-electron chi connectivity index (χ1n) is 13.0. The molecule has 0 saturated heterocycles. The molecular weight excluding hydrogens is 530 g/mol. The highest BCUT2D eigenvalue weighted by atomic mass is 32.2. The largest absolute Gasteiger partial charge is 0.354 e. The minimum Gasteiger partial charge on any atom is -0.354 e. The number of sulfonamides is 1. The van der Waals surface area contributed by atoms with Crippen LogP contribution in [0.4, 0.5) is 5.69 Å². The van der Waals surface area contributed by atoms with Crippen LogP contribution in [0.2, 0.25) is 0 Å². The Balaban J connectivity index is 1.98. The minimum absolute atomic E-state index is 0.0913. The van der Waals surface area contributed by atoms with Gasteiger partial charge in [-0.05, 0) is 68.5 Å². The van der Waals surface area contributed by atoms with Gasteiger partial charge in [0.05, 0.1) is 10.6 Å². The van der Waals surface area contributed by atoms with Crippen molar-refractivity contribution in [3.63, 3.8) is 0 Å². The zero-order valence-corrected chi connectivity index (χ0v) is 24.6. The number of benzene rings is 3. The molecule has 0 unspecified atom stereocenters. The van der Waals surface area contributed by atoms with E-state index in [2.05, 4.69) is 5.32 Å². The van der Waals surface area contributed by atoms with Crippen molar-refractivity contribution in [3.8, 4) is 0 Å². The van der Waals surface area contributed by atoms with Gasteiger partial charge in [-0.3, -0.25) is 13.9 Å². The Morgan fingerprint density at radius 3 is 2.18 bits per heavy atom. The van der Waals surface area contributed by atoms with Gasteiger partial charge in [-0.2, -0.15) is 0 Å². The number of amides is 2. The number of hydrogen-bond donors (Lipinski definition) is 1. The average molecular weight is 568 g/mol. The number of carbonyl (C=O) groups excluding carboxylic acids is 2. The molecule has 0 spiro atoms. The van der Waals surface area contributed by atoms with E-state index in [4.69, 9.17) is 0 Å². The molecule has 39 heavy (non-hydrogen) atoms. The topological polar surface area (TPSA) is 86.8 Å². The quantitative estimate of drug-likeness (QED) is 0.225. The number of hydrogen-bond acceptors (Lipinski definition) is 5. The molecule has 0 bridgehead atoms. The molecular formula is C30H37N3O4S2. The Hall–Kier alpha value is -3.30. The first-order valence-corrected chi connectivity index (χ1v) is 15.7. The van der Waals surface area contributed by atoms with E-state index in [0.717, 1.165) is 33.2 Å². The monoisotopic (exact) mass is 567 g/mol. The zero-order valence-electron chi connectivity index (χ0n) is 23.0. The van der Waals surface area contributed by atoms with Gasteiger partial charge >= 0.3 is 0 Å². The van der Waals surface area contributed by atoms with Crippen molar-refractivity contribution in [1.29, 1.82) is 0 Å². The molecule has 9 heteroatoms. The Morgan fingerprint density at radius 1 is 0.949 bits per heavy atom. The van der Waals surface area contributed by atoms with Crippen LogP contribution in [0, 0.1) is 6.92 Å². The summed E-state index contributed by atoms with van der Waals surface area (Å²) in [6.07, 6.45) is 3.68. The van der Waals surface area contributed by atoms with Crippen molar-refractivity contribution >= 4 is 39.3 Å². The molecule has 0 aliphatic rings. The smallest absolute Gasteiger partial charge is 0.264 e. The van der Waals surface area contributed by atoms with Gasteiger partial charge in [-0.1, -0.05) is 61.4 Å². The standard InChI is InChI=1S/C30H37N3O4S2/c1-5-6-20-31-30(35)24(3)32(21-25-10-8-7-9-11-25)29(34)22-33(26-14-12-23(2)13-15-26)39(36,37)28-18-16-27(38-4)17-19-28/h7-19,24H,5-6,20-22H2,1-4H3,(H,31,35)/t24-/m1/s1. The fourth-order valence-corrected chi connectivity index (χ4v) is 5.84. The maximum Gasteiger partial charge on any atom is 0.264 e. The lowest BCUT2D eigenvalue weighted by molar-refractivity contribution is -0.139. The van der Waals surface area contributed by atoms with Crippen LogP contribution in [0.5, 0.6) is 0 Å². The predicted molar refractivity (Wildman–Crippen MR) is 158 cm³/mol. The SMILES string of the molecule is CCCCNC(=O)[C@@H](C)N(Cc1ccccc1)C(=O)CN(c1ccc(C)cc1)S(=O)(=O)c1ccc(SC)cc1. The van der Waals surface area contributed by atoms with E-state index in [1.165, 1.54) is 16.7 Å². The summed E-state index contributed by atoms with van der Waals surface area (Å²) < 4.78 is 28.9. The van der Waals surface area contributed by atoms with Crippen molar-refractivity contribution < 1.29 is 18.0 Å². The van der Waals surface area contributed by atoms with E-state index >= 15 is 0 Å². The maximum absolute atomic E-state index is 13.9. The van der Waals surface area contributed by atoms with E-state index in [1.807, 2.05) is 62.6 Å². The number of unbranched alkanes of at least 4 members (excludes halogenated alkanes) is 1. The molecule has 7 nitrogen and oxygen atoms in total. The van der Waals surface area contributed by atoms with Gasteiger partial charge in [-0.25, -0.2) is 8.42 Å². The molecule has 0 aliphatic heterocycles. The lowest BCUT2D eigenvalue weighted by Gasteiger charge is -2.32. The summed E-state index contributed by atoms with van der Waals surface area (Å²) in [5.74, 6) is -0.744. The molecule has 0 heterocycles. The second-order valence-electron chi connectivity index (χ2n) is 9.35. The van der Waals surface area contributed by atoms with Crippen LogP contribution < -0.4 is 9.62 Å². The highest BCUT2D eigenvalue weighted by Gasteiger charge is 2.32. The molecule has 208 valence electrons. The van der Waals surface area contributed by atoms with Crippen LogP contribution >= 0.6 is 11.8 Å². The lowest BCUT2D eigenvalue weighted by Crippen LogP contribution is -2.51. The number of aryl methyl sites for hydroxylation is 1. The van der Waals surface area contributed by atoms with E-state index in [1.54, 1.807) is 43.3 Å². The summed E-state index contributed by atoms with van der Waals surface area (Å²) in [5, 5.41) is 2.90. The summed E-state index contributed by atoms with van der Waals surface area (Å²) in [6, 6.07) is 22.2. The fraction of sp³-hybridized carbons (Fsp3) is 0.333. The average Bonchev–Trinajstić information content (AvgIpc) is 2.95. The number of thioether (sulfide) groups is 1. The van der Waals surface area contributed by atoms with Crippen LogP contribution in [0.15, 0.2) is 88.7 Å². The first-order chi connectivity index (χ1) is 18.7. The van der Waals surface area contributed by atoms with E-state index < -0.39 is 28.5 Å². The van der Waals surface area contributed by atoms with Gasteiger partial charge in [0, 0.05) is 18.0 Å². The van der Waals surface area contributed by atoms with E-state index in [-0.39, 0.29) is 17.3 Å². The third kappa shape index (κ3) is 8.10. The number of nitrogens with one attached hydrogen (secondary N) is 1. The fourth-order valence-electron chi connectivity index (χ4n) is 4.01. The molecule has 0 radical (unpaired) electrons. The summed E-state index contributed by atoms with van der Waals surface area (Å²) >= 11 is 1.52. The highest BCUT2D eigenvalue weighted by molar-refractivity contribution is 7.98. The van der Waals surface area contributed by atoms with E-state index in [9.17, 15) is 18.0 Å².